The lowest BCUT2D eigenvalue weighted by atomic mass is 10.1. The highest BCUT2D eigenvalue weighted by atomic mass is 32.1. The molecule has 25 heavy (non-hydrogen) atoms. The van der Waals surface area contributed by atoms with Gasteiger partial charge in [-0.15, -0.1) is 0 Å². The third-order valence-corrected chi connectivity index (χ3v) is 4.53. The van der Waals surface area contributed by atoms with Crippen LogP contribution < -0.4 is 9.47 Å². The highest BCUT2D eigenvalue weighted by molar-refractivity contribution is 7.71. The van der Waals surface area contributed by atoms with E-state index in [0.29, 0.717) is 24.4 Å². The molecule has 0 spiro atoms. The summed E-state index contributed by atoms with van der Waals surface area (Å²) in [5.74, 6) is 2.44. The number of hydrogen-bond acceptors (Lipinski definition) is 5. The summed E-state index contributed by atoms with van der Waals surface area (Å²) in [4.78, 5) is 0. The van der Waals surface area contributed by atoms with Gasteiger partial charge in [0.2, 0.25) is 0 Å². The number of nitrogens with zero attached hydrogens (tertiary/aromatic N) is 2. The van der Waals surface area contributed by atoms with Gasteiger partial charge in [-0.25, -0.2) is 0 Å². The summed E-state index contributed by atoms with van der Waals surface area (Å²) in [5.41, 5.74) is 1.11. The lowest BCUT2D eigenvalue weighted by molar-refractivity contribution is 0.0960. The van der Waals surface area contributed by atoms with Crippen molar-refractivity contribution in [1.82, 2.24) is 14.8 Å². The van der Waals surface area contributed by atoms with Crippen LogP contribution in [0.3, 0.4) is 0 Å². The molecule has 1 aliphatic rings. The third kappa shape index (κ3) is 4.41. The zero-order chi connectivity index (χ0) is 17.6. The molecule has 2 aromatic rings. The zero-order valence-corrected chi connectivity index (χ0v) is 15.6. The van der Waals surface area contributed by atoms with E-state index < -0.39 is 0 Å². The van der Waals surface area contributed by atoms with Crippen molar-refractivity contribution in [2.45, 2.75) is 45.8 Å². The number of aromatic amines is 1. The van der Waals surface area contributed by atoms with Gasteiger partial charge < -0.3 is 18.8 Å². The molecule has 1 fully saturated rings. The first-order valence-electron chi connectivity index (χ1n) is 8.85. The molecule has 0 aliphatic carbocycles. The summed E-state index contributed by atoms with van der Waals surface area (Å²) in [6, 6.07) is 6.01. The van der Waals surface area contributed by atoms with E-state index in [-0.39, 0.29) is 6.10 Å². The molecule has 1 N–H and O–H groups in total. The fourth-order valence-electron chi connectivity index (χ4n) is 3.05. The van der Waals surface area contributed by atoms with E-state index in [1.165, 1.54) is 0 Å². The molecule has 1 aromatic carbocycles. The number of aromatic nitrogens is 3. The second kappa shape index (κ2) is 8.49. The van der Waals surface area contributed by atoms with Crippen molar-refractivity contribution in [3.05, 3.63) is 34.4 Å². The van der Waals surface area contributed by atoms with E-state index in [1.54, 1.807) is 0 Å². The van der Waals surface area contributed by atoms with Crippen molar-refractivity contribution in [2.75, 3.05) is 19.8 Å². The second-order valence-corrected chi connectivity index (χ2v) is 6.40. The van der Waals surface area contributed by atoms with Gasteiger partial charge in [0.1, 0.15) is 5.82 Å². The number of nitrogens with one attached hydrogen (secondary N) is 1. The van der Waals surface area contributed by atoms with Gasteiger partial charge in [-0.3, -0.25) is 5.10 Å². The maximum atomic E-state index is 5.73. The molecule has 3 rings (SSSR count). The van der Waals surface area contributed by atoms with E-state index in [2.05, 4.69) is 10.2 Å². The first-order chi connectivity index (χ1) is 12.2. The molecule has 0 bridgehead atoms. The Bertz CT molecular complexity index is 750. The highest BCUT2D eigenvalue weighted by Crippen LogP contribution is 2.29. The molecular formula is C18H25N3O3S. The molecule has 1 saturated heterocycles. The molecule has 1 aliphatic heterocycles. The van der Waals surface area contributed by atoms with Crippen molar-refractivity contribution < 1.29 is 14.2 Å². The molecule has 2 heterocycles. The highest BCUT2D eigenvalue weighted by Gasteiger charge is 2.19. The lowest BCUT2D eigenvalue weighted by Gasteiger charge is -2.14. The van der Waals surface area contributed by atoms with Crippen LogP contribution in [0.15, 0.2) is 18.2 Å². The fraction of sp³-hybridized carbons (Fsp3) is 0.556. The molecule has 6 nitrogen and oxygen atoms in total. The van der Waals surface area contributed by atoms with Crippen LogP contribution in [0.1, 0.15) is 38.1 Å². The molecule has 0 unspecified atom stereocenters. The number of benzene rings is 1. The summed E-state index contributed by atoms with van der Waals surface area (Å²) in [5, 5.41) is 7.31. The first kappa shape index (κ1) is 17.9. The summed E-state index contributed by atoms with van der Waals surface area (Å²) in [7, 11) is 0. The second-order valence-electron chi connectivity index (χ2n) is 6.01. The van der Waals surface area contributed by atoms with Gasteiger partial charge in [-0.2, -0.15) is 5.10 Å². The minimum atomic E-state index is 0.224. The molecule has 0 amide bonds. The summed E-state index contributed by atoms with van der Waals surface area (Å²) in [6.45, 7) is 6.73. The maximum Gasteiger partial charge on any atom is 0.195 e. The Labute approximate surface area is 153 Å². The monoisotopic (exact) mass is 363 g/mol. The van der Waals surface area contributed by atoms with Crippen LogP contribution in [0.25, 0.3) is 0 Å². The van der Waals surface area contributed by atoms with Crippen LogP contribution in [0.2, 0.25) is 0 Å². The van der Waals surface area contributed by atoms with Crippen molar-refractivity contribution in [3.8, 4) is 11.5 Å². The average molecular weight is 363 g/mol. The van der Waals surface area contributed by atoms with Crippen molar-refractivity contribution >= 4 is 12.2 Å². The Morgan fingerprint density at radius 1 is 1.28 bits per heavy atom. The summed E-state index contributed by atoms with van der Waals surface area (Å²) < 4.78 is 19.8. The Balaban J connectivity index is 1.80. The number of ether oxygens (including phenoxy) is 3. The van der Waals surface area contributed by atoms with E-state index in [1.807, 2.05) is 36.6 Å². The molecule has 0 saturated carbocycles. The molecule has 0 radical (unpaired) electrons. The van der Waals surface area contributed by atoms with E-state index in [0.717, 1.165) is 48.9 Å². The number of hydrogen-bond donors (Lipinski definition) is 1. The quantitative estimate of drug-likeness (QED) is 0.727. The third-order valence-electron chi connectivity index (χ3n) is 4.22. The molecule has 1 atom stereocenters. The minimum Gasteiger partial charge on any atom is -0.490 e. The smallest absolute Gasteiger partial charge is 0.195 e. The van der Waals surface area contributed by atoms with E-state index in [9.17, 15) is 0 Å². The average Bonchev–Trinajstić information content (AvgIpc) is 3.23. The lowest BCUT2D eigenvalue weighted by Crippen LogP contribution is -2.17. The van der Waals surface area contributed by atoms with Gasteiger partial charge in [-0.05, 0) is 56.6 Å². The molecule has 1 aromatic heterocycles. The molecular weight excluding hydrogens is 338 g/mol. The largest absolute Gasteiger partial charge is 0.490 e. The summed E-state index contributed by atoms with van der Waals surface area (Å²) in [6.07, 6.45) is 3.08. The Kier molecular flexibility index (Phi) is 6.09. The van der Waals surface area contributed by atoms with Crippen LogP contribution in [0.5, 0.6) is 11.5 Å². The van der Waals surface area contributed by atoms with Gasteiger partial charge >= 0.3 is 0 Å². The van der Waals surface area contributed by atoms with E-state index >= 15 is 0 Å². The molecule has 7 heteroatoms. The normalized spacial score (nSPS) is 17.0. The Morgan fingerprint density at radius 3 is 2.80 bits per heavy atom. The number of rotatable bonds is 8. The zero-order valence-electron chi connectivity index (χ0n) is 14.8. The van der Waals surface area contributed by atoms with E-state index in [4.69, 9.17) is 26.4 Å². The van der Waals surface area contributed by atoms with Crippen LogP contribution in [-0.2, 0) is 17.7 Å². The first-order valence-corrected chi connectivity index (χ1v) is 9.26. The Hall–Kier alpha value is -1.86. The van der Waals surface area contributed by atoms with Gasteiger partial charge in [0.15, 0.2) is 16.3 Å². The fourth-order valence-corrected chi connectivity index (χ4v) is 3.28. The predicted molar refractivity (Wildman–Crippen MR) is 98.0 cm³/mol. The van der Waals surface area contributed by atoms with Crippen molar-refractivity contribution in [3.63, 3.8) is 0 Å². The van der Waals surface area contributed by atoms with Crippen LogP contribution in [0, 0.1) is 4.77 Å². The van der Waals surface area contributed by atoms with Gasteiger partial charge in [-0.1, -0.05) is 6.07 Å². The van der Waals surface area contributed by atoms with Crippen molar-refractivity contribution in [2.24, 2.45) is 0 Å². The number of H-pyrrole nitrogens is 1. The summed E-state index contributed by atoms with van der Waals surface area (Å²) >= 11 is 5.39. The minimum absolute atomic E-state index is 0.224. The van der Waals surface area contributed by atoms with Gasteiger partial charge in [0.25, 0.3) is 0 Å². The van der Waals surface area contributed by atoms with Gasteiger partial charge in [0, 0.05) is 13.0 Å². The molecule has 136 valence electrons. The predicted octanol–water partition coefficient (Wildman–Crippen LogP) is 3.51. The standard InChI is InChI=1S/C18H25N3O3S/c1-3-22-15-8-7-13(10-16(15)23-4-2)11-17-19-20-18(25)21(17)12-14-6-5-9-24-14/h7-8,10,14H,3-6,9,11-12H2,1-2H3,(H,20,25)/t14-/m1/s1. The van der Waals surface area contributed by atoms with Crippen LogP contribution >= 0.6 is 12.2 Å². The van der Waals surface area contributed by atoms with Crippen LogP contribution in [0.4, 0.5) is 0 Å². The SMILES string of the molecule is CCOc1ccc(Cc2n[nH]c(=S)n2C[C@H]2CCCO2)cc1OCC. The Morgan fingerprint density at radius 2 is 2.08 bits per heavy atom. The van der Waals surface area contributed by atoms with Crippen molar-refractivity contribution in [1.29, 1.82) is 0 Å². The topological polar surface area (TPSA) is 61.3 Å². The maximum absolute atomic E-state index is 5.73. The van der Waals surface area contributed by atoms with Gasteiger partial charge in [0.05, 0.1) is 25.9 Å². The van der Waals surface area contributed by atoms with Crippen LogP contribution in [-0.4, -0.2) is 40.7 Å².